The molecule has 0 aromatic rings. The molecule has 21 nitrogen and oxygen atoms in total. The van der Waals surface area contributed by atoms with Crippen LogP contribution in [-0.4, -0.2) is 184 Å². The highest BCUT2D eigenvalue weighted by Gasteiger charge is 2.51. The topological polar surface area (TPSA) is 375 Å². The number of carbonyl (C=O) groups is 3. The average Bonchev–Trinajstić information content (AvgIpc) is 3.32. The van der Waals surface area contributed by atoms with Crippen LogP contribution in [0, 0.1) is 17.8 Å². The van der Waals surface area contributed by atoms with Crippen molar-refractivity contribution in [2.24, 2.45) is 29.2 Å². The Morgan fingerprint density at radius 3 is 1.88 bits per heavy atom. The molecular weight excluding hydrogens is 967 g/mol. The van der Waals surface area contributed by atoms with E-state index in [4.69, 9.17) is 30.4 Å². The summed E-state index contributed by atoms with van der Waals surface area (Å²) >= 11 is 0. The third kappa shape index (κ3) is 21.9. The second-order valence-electron chi connectivity index (χ2n) is 19.9. The summed E-state index contributed by atoms with van der Waals surface area (Å²) in [7, 11) is 0. The maximum absolute atomic E-state index is 13.1. The third-order valence-electron chi connectivity index (χ3n) is 13.6. The molecule has 74 heavy (non-hydrogen) atoms. The first-order valence-electron chi connectivity index (χ1n) is 25.7. The number of esters is 1. The fraction of sp³-hybridized carbons (Fsp3) is 0.679. The number of nitrogens with two attached hydrogens (primary N) is 2. The lowest BCUT2D eigenvalue weighted by Crippen LogP contribution is -2.65. The van der Waals surface area contributed by atoms with E-state index in [1.807, 2.05) is 13.0 Å². The summed E-state index contributed by atoms with van der Waals surface area (Å²) in [5.41, 5.74) is 11.6. The number of unbranched alkanes of at least 4 members (excludes halogenated alkanes) is 1. The van der Waals surface area contributed by atoms with E-state index < -0.39 is 159 Å². The molecule has 3 rings (SSSR count). The Labute approximate surface area is 434 Å². The highest BCUT2D eigenvalue weighted by atomic mass is 16.7. The molecule has 20 atom stereocenters. The SMILES string of the molecule is C[C@@H]1[C@H](O)[C@@H](C)/C=C/C=C/C=C/C=C/C=C/C=C/C=C/[C@H](OC2O[C@H](C)[C@@H](O)[C@H](NC(=O)C(N)CCCCN)[C@@H]2O)C[C@@H]2O[C@](O)(C[C@@H](O)[C@H](O)CCC(O)CC(O)CC(O)CC(=O)O[C@H]1C)C[C@H](O)[C@H]2C(=O)O. The molecule has 0 saturated carbocycles. The first-order chi connectivity index (χ1) is 35.0. The Morgan fingerprint density at radius 2 is 1.28 bits per heavy atom. The summed E-state index contributed by atoms with van der Waals surface area (Å²) in [6.07, 6.45) is 3.36. The number of cyclic esters (lactones) is 1. The minimum Gasteiger partial charge on any atom is -0.481 e. The van der Waals surface area contributed by atoms with Crippen molar-refractivity contribution in [1.29, 1.82) is 0 Å². The molecule has 3 heterocycles. The molecule has 2 saturated heterocycles. The van der Waals surface area contributed by atoms with Gasteiger partial charge in [-0.25, -0.2) is 0 Å². The molecule has 16 N–H and O–H groups in total. The number of fused-ring (bicyclic) bond motifs is 2. The van der Waals surface area contributed by atoms with Crippen LogP contribution in [0.1, 0.15) is 98.3 Å². The highest BCUT2D eigenvalue weighted by Crippen LogP contribution is 2.38. The van der Waals surface area contributed by atoms with Gasteiger partial charge in [0.15, 0.2) is 12.1 Å². The predicted molar refractivity (Wildman–Crippen MR) is 272 cm³/mol. The molecule has 0 spiro atoms. The molecule has 21 heteroatoms. The van der Waals surface area contributed by atoms with Crippen LogP contribution in [0.3, 0.4) is 0 Å². The van der Waals surface area contributed by atoms with Gasteiger partial charge in [0.05, 0.1) is 79.5 Å². The van der Waals surface area contributed by atoms with Crippen LogP contribution in [0.2, 0.25) is 0 Å². The molecule has 0 aromatic heterocycles. The number of rotatable bonds is 9. The van der Waals surface area contributed by atoms with Gasteiger partial charge in [-0.3, -0.25) is 14.4 Å². The molecule has 5 unspecified atom stereocenters. The predicted octanol–water partition coefficient (Wildman–Crippen LogP) is 0.326. The number of ether oxygens (including phenoxy) is 4. The van der Waals surface area contributed by atoms with Gasteiger partial charge in [0.1, 0.15) is 24.2 Å². The van der Waals surface area contributed by atoms with Crippen LogP contribution in [0.4, 0.5) is 0 Å². The molecule has 420 valence electrons. The van der Waals surface area contributed by atoms with Crippen LogP contribution in [0.15, 0.2) is 85.1 Å². The van der Waals surface area contributed by atoms with Crippen LogP contribution >= 0.6 is 0 Å². The summed E-state index contributed by atoms with van der Waals surface area (Å²) < 4.78 is 23.5. The zero-order valence-electron chi connectivity index (χ0n) is 43.0. The zero-order valence-corrected chi connectivity index (χ0v) is 43.0. The number of carboxylic acids is 1. The number of nitrogens with one attached hydrogen (secondary N) is 1. The van der Waals surface area contributed by atoms with Crippen molar-refractivity contribution in [3.05, 3.63) is 85.1 Å². The lowest BCUT2D eigenvalue weighted by molar-refractivity contribution is -0.310. The number of carbonyl (C=O) groups excluding carboxylic acids is 2. The lowest BCUT2D eigenvalue weighted by Gasteiger charge is -2.45. The Morgan fingerprint density at radius 1 is 0.716 bits per heavy atom. The fourth-order valence-electron chi connectivity index (χ4n) is 9.00. The fourth-order valence-corrected chi connectivity index (χ4v) is 9.00. The van der Waals surface area contributed by atoms with Crippen LogP contribution < -0.4 is 16.8 Å². The van der Waals surface area contributed by atoms with Gasteiger partial charge in [-0.1, -0.05) is 105 Å². The largest absolute Gasteiger partial charge is 0.481 e. The molecule has 2 bridgehead atoms. The van der Waals surface area contributed by atoms with Gasteiger partial charge in [-0.15, -0.1) is 0 Å². The minimum absolute atomic E-state index is 0.166. The maximum Gasteiger partial charge on any atom is 0.311 e. The number of allylic oxidation sites excluding steroid dienone is 12. The Bertz CT molecular complexity index is 1910. The quantitative estimate of drug-likeness (QED) is 0.109. The monoisotopic (exact) mass is 1050 g/mol. The molecule has 0 aliphatic carbocycles. The Kier molecular flexibility index (Phi) is 28.3. The summed E-state index contributed by atoms with van der Waals surface area (Å²) in [4.78, 5) is 38.4. The second kappa shape index (κ2) is 32.5. The summed E-state index contributed by atoms with van der Waals surface area (Å²) in [5.74, 6) is -7.73. The van der Waals surface area contributed by atoms with Crippen LogP contribution in [0.5, 0.6) is 0 Å². The molecule has 1 amide bonds. The van der Waals surface area contributed by atoms with Crippen LogP contribution in [-0.2, 0) is 33.3 Å². The van der Waals surface area contributed by atoms with Crippen molar-refractivity contribution in [2.75, 3.05) is 6.54 Å². The molecule has 0 radical (unpaired) electrons. The van der Waals surface area contributed by atoms with E-state index in [-0.39, 0.29) is 31.6 Å². The van der Waals surface area contributed by atoms with Gasteiger partial charge in [0.2, 0.25) is 5.91 Å². The number of amides is 1. The van der Waals surface area contributed by atoms with Crippen molar-refractivity contribution >= 4 is 17.8 Å². The van der Waals surface area contributed by atoms with E-state index >= 15 is 0 Å². The van der Waals surface area contributed by atoms with E-state index in [0.29, 0.717) is 25.8 Å². The number of aliphatic hydroxyl groups excluding tert-OH is 9. The molecular formula is C53H85N3O18. The van der Waals surface area contributed by atoms with Gasteiger partial charge >= 0.3 is 11.9 Å². The van der Waals surface area contributed by atoms with Gasteiger partial charge in [-0.05, 0) is 58.9 Å². The van der Waals surface area contributed by atoms with Crippen LogP contribution in [0.25, 0.3) is 0 Å². The van der Waals surface area contributed by atoms with Crippen molar-refractivity contribution in [2.45, 2.75) is 202 Å². The standard InChI is InChI=1S/C53H85N3O18/c1-31-19-15-13-11-9-7-5-6-8-10-12-14-16-20-38(73-52-49(66)46(48(65)34(4)72-52)56-50(67)39(55)21-17-18-24-54)28-43-45(51(68)69)42(62)30-53(70,74-43)29-41(61)40(60)23-22-35(57)25-36(58)26-37(59)27-44(63)71-33(3)32(2)47(31)64/h5-16,19-20,31-43,45-49,52,57-62,64-66,70H,17-18,21-30,54-55H2,1-4H3,(H,56,67)(H,68,69)/b6-5+,9-7+,10-8+,13-11+,14-12+,19-15+,20-16+/t31-,32-,33-,34+,35?,36?,37?,38-,39?,40+,41+,42-,43-,45+,46-,47+,48+,49-,52?,53+/m0/s1. The van der Waals surface area contributed by atoms with Gasteiger partial charge < -0.3 is 91.9 Å². The summed E-state index contributed by atoms with van der Waals surface area (Å²) in [5, 5.41) is 123. The minimum atomic E-state index is -2.42. The smallest absolute Gasteiger partial charge is 0.311 e. The van der Waals surface area contributed by atoms with Crippen molar-refractivity contribution in [3.63, 3.8) is 0 Å². The molecule has 3 aliphatic heterocycles. The lowest BCUT2D eigenvalue weighted by atomic mass is 9.82. The molecule has 0 aromatic carbocycles. The first-order valence-corrected chi connectivity index (χ1v) is 25.7. The summed E-state index contributed by atoms with van der Waals surface area (Å²) in [6, 6.07) is -2.30. The van der Waals surface area contributed by atoms with Gasteiger partial charge in [-0.2, -0.15) is 0 Å². The maximum atomic E-state index is 13.1. The van der Waals surface area contributed by atoms with Crippen molar-refractivity contribution in [3.8, 4) is 0 Å². The average molecular weight is 1050 g/mol. The molecule has 3 aliphatic rings. The molecule has 2 fully saturated rings. The van der Waals surface area contributed by atoms with E-state index in [0.717, 1.165) is 0 Å². The Hall–Kier alpha value is -4.01. The summed E-state index contributed by atoms with van der Waals surface area (Å²) in [6.45, 7) is 7.09. The van der Waals surface area contributed by atoms with Gasteiger partial charge in [0.25, 0.3) is 0 Å². The number of aliphatic hydroxyl groups is 10. The van der Waals surface area contributed by atoms with E-state index in [1.54, 1.807) is 86.8 Å². The van der Waals surface area contributed by atoms with Crippen molar-refractivity contribution < 1.29 is 89.5 Å². The zero-order chi connectivity index (χ0) is 55.1. The first kappa shape index (κ1) is 64.3. The number of hydrogen-bond acceptors (Lipinski definition) is 19. The number of aliphatic carboxylic acids is 1. The third-order valence-corrected chi connectivity index (χ3v) is 13.6. The van der Waals surface area contributed by atoms with E-state index in [1.165, 1.54) is 13.0 Å². The van der Waals surface area contributed by atoms with E-state index in [2.05, 4.69) is 5.32 Å². The van der Waals surface area contributed by atoms with Gasteiger partial charge in [0, 0.05) is 31.1 Å². The van der Waals surface area contributed by atoms with E-state index in [9.17, 15) is 70.6 Å². The number of hydrogen-bond donors (Lipinski definition) is 14. The number of carboxylic acid groups (broad SMARTS) is 1. The van der Waals surface area contributed by atoms with Crippen molar-refractivity contribution in [1.82, 2.24) is 5.32 Å². The second-order valence-corrected chi connectivity index (χ2v) is 19.9. The Balaban J connectivity index is 1.92. The highest BCUT2D eigenvalue weighted by molar-refractivity contribution is 5.81. The normalized spacial score (nSPS) is 41.8.